The molecule has 0 aromatic rings. The first-order valence-corrected chi connectivity index (χ1v) is 8.88. The Bertz CT molecular complexity index is 352. The van der Waals surface area contributed by atoms with Crippen molar-refractivity contribution in [2.45, 2.75) is 71.3 Å². The molecule has 0 aromatic heterocycles. The highest BCUT2D eigenvalue weighted by Crippen LogP contribution is 2.22. The second kappa shape index (κ2) is 10.0. The quantitative estimate of drug-likeness (QED) is 0.624. The van der Waals surface area contributed by atoms with Gasteiger partial charge in [-0.25, -0.2) is 0 Å². The Balaban J connectivity index is 2.42. The van der Waals surface area contributed by atoms with Crippen LogP contribution < -0.4 is 5.32 Å². The number of hydrogen-bond donors (Lipinski definition) is 2. The number of allylic oxidation sites excluding steroid dienone is 1. The van der Waals surface area contributed by atoms with Gasteiger partial charge in [0.1, 0.15) is 0 Å². The molecule has 1 unspecified atom stereocenters. The summed E-state index contributed by atoms with van der Waals surface area (Å²) in [5.74, 6) is 1.00. The molecule has 1 aliphatic rings. The minimum absolute atomic E-state index is 0.0221. The molecule has 3 nitrogen and oxygen atoms in total. The van der Waals surface area contributed by atoms with Gasteiger partial charge in [-0.3, -0.25) is 4.79 Å². The van der Waals surface area contributed by atoms with E-state index >= 15 is 0 Å². The Morgan fingerprint density at radius 3 is 2.70 bits per heavy atom. The third kappa shape index (κ3) is 6.60. The number of nitrogens with one attached hydrogen (secondary N) is 2. The monoisotopic (exact) mass is 296 g/mol. The summed E-state index contributed by atoms with van der Waals surface area (Å²) in [5.41, 5.74) is 0.584. The van der Waals surface area contributed by atoms with Gasteiger partial charge in [0.05, 0.1) is 4.91 Å². The van der Waals surface area contributed by atoms with Gasteiger partial charge >= 0.3 is 0 Å². The van der Waals surface area contributed by atoms with Gasteiger partial charge in [-0.15, -0.1) is 11.8 Å². The van der Waals surface area contributed by atoms with Crippen molar-refractivity contribution in [1.82, 2.24) is 5.32 Å². The van der Waals surface area contributed by atoms with Gasteiger partial charge in [0.25, 0.3) is 5.91 Å². The highest BCUT2D eigenvalue weighted by atomic mass is 32.2. The maximum atomic E-state index is 12.2. The topological polar surface area (TPSA) is 53.0 Å². The molecule has 0 aliphatic carbocycles. The molecule has 20 heavy (non-hydrogen) atoms. The summed E-state index contributed by atoms with van der Waals surface area (Å²) in [4.78, 5) is 12.9. The summed E-state index contributed by atoms with van der Waals surface area (Å²) in [7, 11) is 0. The van der Waals surface area contributed by atoms with E-state index in [0.29, 0.717) is 12.1 Å². The van der Waals surface area contributed by atoms with Crippen LogP contribution in [0.5, 0.6) is 0 Å². The van der Waals surface area contributed by atoms with Crippen molar-refractivity contribution in [1.29, 1.82) is 5.41 Å². The molecule has 0 saturated carbocycles. The van der Waals surface area contributed by atoms with Gasteiger partial charge in [-0.1, -0.05) is 46.0 Å². The lowest BCUT2D eigenvalue weighted by atomic mass is 10.0. The smallest absolute Gasteiger partial charge is 0.257 e. The fourth-order valence-corrected chi connectivity index (χ4v) is 3.28. The first kappa shape index (κ1) is 17.3. The number of carbonyl (C=O) groups is 1. The molecular weight excluding hydrogens is 268 g/mol. The summed E-state index contributed by atoms with van der Waals surface area (Å²) in [5, 5.41) is 11.1. The van der Waals surface area contributed by atoms with E-state index in [4.69, 9.17) is 5.41 Å². The summed E-state index contributed by atoms with van der Waals surface area (Å²) in [6.45, 7) is 4.35. The molecule has 1 aliphatic heterocycles. The fraction of sp³-hybridized carbons (Fsp3) is 0.750. The van der Waals surface area contributed by atoms with Gasteiger partial charge in [0.15, 0.2) is 0 Å². The highest BCUT2D eigenvalue weighted by Gasteiger charge is 2.21. The summed E-state index contributed by atoms with van der Waals surface area (Å²) >= 11 is 1.61. The van der Waals surface area contributed by atoms with Crippen LogP contribution in [0.4, 0.5) is 0 Å². The SMILES string of the molecule is CCCCCCSC1=CC(=N)CC(CCCC)NC1=O. The van der Waals surface area contributed by atoms with E-state index in [-0.39, 0.29) is 11.9 Å². The van der Waals surface area contributed by atoms with E-state index in [1.807, 2.05) is 0 Å². The molecule has 0 spiro atoms. The molecule has 1 atom stereocenters. The Morgan fingerprint density at radius 2 is 2.00 bits per heavy atom. The minimum atomic E-state index is 0.0221. The van der Waals surface area contributed by atoms with E-state index in [1.165, 1.54) is 19.3 Å². The van der Waals surface area contributed by atoms with Gasteiger partial charge in [-0.05, 0) is 24.7 Å². The molecule has 2 N–H and O–H groups in total. The largest absolute Gasteiger partial charge is 0.348 e. The van der Waals surface area contributed by atoms with Crippen LogP contribution in [-0.2, 0) is 4.79 Å². The van der Waals surface area contributed by atoms with Crippen molar-refractivity contribution in [3.63, 3.8) is 0 Å². The maximum Gasteiger partial charge on any atom is 0.257 e. The average molecular weight is 296 g/mol. The van der Waals surface area contributed by atoms with Gasteiger partial charge in [0, 0.05) is 18.2 Å². The van der Waals surface area contributed by atoms with Crippen LogP contribution in [0.25, 0.3) is 0 Å². The van der Waals surface area contributed by atoms with Crippen LogP contribution in [0.2, 0.25) is 0 Å². The number of hydrogen-bond acceptors (Lipinski definition) is 3. The molecular formula is C16H28N2OS. The summed E-state index contributed by atoms with van der Waals surface area (Å²) < 4.78 is 0. The number of thioether (sulfide) groups is 1. The summed E-state index contributed by atoms with van der Waals surface area (Å²) in [6, 6.07) is 0.143. The third-order valence-corrected chi connectivity index (χ3v) is 4.60. The van der Waals surface area contributed by atoms with Crippen LogP contribution in [-0.4, -0.2) is 23.4 Å². The Labute approximate surface area is 127 Å². The number of unbranched alkanes of at least 4 members (excludes halogenated alkanes) is 4. The van der Waals surface area contributed by atoms with Gasteiger partial charge < -0.3 is 10.7 Å². The van der Waals surface area contributed by atoms with Crippen molar-refractivity contribution in [2.24, 2.45) is 0 Å². The number of carbonyl (C=O) groups excluding carboxylic acids is 1. The van der Waals surface area contributed by atoms with Crippen molar-refractivity contribution < 1.29 is 4.79 Å². The van der Waals surface area contributed by atoms with Crippen molar-refractivity contribution >= 4 is 23.4 Å². The fourth-order valence-electron chi connectivity index (χ4n) is 2.30. The van der Waals surface area contributed by atoms with Crippen LogP contribution in [0.15, 0.2) is 11.0 Å². The van der Waals surface area contributed by atoms with E-state index in [0.717, 1.165) is 36.3 Å². The third-order valence-electron chi connectivity index (χ3n) is 3.49. The average Bonchev–Trinajstić information content (AvgIpc) is 2.55. The first-order valence-electron chi connectivity index (χ1n) is 7.90. The van der Waals surface area contributed by atoms with Crippen molar-refractivity contribution in [3.05, 3.63) is 11.0 Å². The van der Waals surface area contributed by atoms with Crippen LogP contribution >= 0.6 is 11.8 Å². The molecule has 0 saturated heterocycles. The lowest BCUT2D eigenvalue weighted by Crippen LogP contribution is -2.34. The normalized spacial score (nSPS) is 19.5. The van der Waals surface area contributed by atoms with E-state index in [9.17, 15) is 4.79 Å². The standard InChI is InChI=1S/C16H28N2OS/c1-3-5-7-8-10-20-15-12-13(17)11-14(9-6-4-2)18-16(15)19/h12,14,17H,3-11H2,1-2H3,(H,18,19). The van der Waals surface area contributed by atoms with E-state index in [2.05, 4.69) is 19.2 Å². The van der Waals surface area contributed by atoms with E-state index < -0.39 is 0 Å². The van der Waals surface area contributed by atoms with Crippen LogP contribution in [0, 0.1) is 5.41 Å². The molecule has 0 fully saturated rings. The van der Waals surface area contributed by atoms with Crippen molar-refractivity contribution in [3.8, 4) is 0 Å². The zero-order chi connectivity index (χ0) is 14.8. The lowest BCUT2D eigenvalue weighted by molar-refractivity contribution is -0.117. The molecule has 4 heteroatoms. The summed E-state index contributed by atoms with van der Waals surface area (Å²) in [6.07, 6.45) is 10.5. The van der Waals surface area contributed by atoms with Crippen molar-refractivity contribution in [2.75, 3.05) is 5.75 Å². The molecule has 114 valence electrons. The molecule has 1 rings (SSSR count). The maximum absolute atomic E-state index is 12.2. The molecule has 1 amide bonds. The van der Waals surface area contributed by atoms with E-state index in [1.54, 1.807) is 17.8 Å². The van der Waals surface area contributed by atoms with Gasteiger partial charge in [0.2, 0.25) is 0 Å². The Kier molecular flexibility index (Phi) is 8.67. The zero-order valence-electron chi connectivity index (χ0n) is 12.8. The van der Waals surface area contributed by atoms with Gasteiger partial charge in [-0.2, -0.15) is 0 Å². The zero-order valence-corrected chi connectivity index (χ0v) is 13.7. The molecule has 0 radical (unpaired) electrons. The minimum Gasteiger partial charge on any atom is -0.348 e. The molecule has 0 bridgehead atoms. The first-order chi connectivity index (χ1) is 9.67. The Hall–Kier alpha value is -0.770. The predicted molar refractivity (Wildman–Crippen MR) is 88.5 cm³/mol. The highest BCUT2D eigenvalue weighted by molar-refractivity contribution is 8.04. The Morgan fingerprint density at radius 1 is 1.25 bits per heavy atom. The second-order valence-electron chi connectivity index (χ2n) is 5.46. The lowest BCUT2D eigenvalue weighted by Gasteiger charge is -2.15. The van der Waals surface area contributed by atoms with Crippen LogP contribution in [0.1, 0.15) is 65.2 Å². The molecule has 0 aromatic carbocycles. The number of rotatable bonds is 9. The van der Waals surface area contributed by atoms with Crippen LogP contribution in [0.3, 0.4) is 0 Å². The second-order valence-corrected chi connectivity index (χ2v) is 6.60. The number of amides is 1. The predicted octanol–water partition coefficient (Wildman–Crippen LogP) is 4.28. The molecule has 1 heterocycles.